The van der Waals surface area contributed by atoms with Gasteiger partial charge < -0.3 is 5.32 Å². The van der Waals surface area contributed by atoms with Crippen molar-refractivity contribution in [2.45, 2.75) is 19.1 Å². The molecule has 3 rings (SSSR count). The number of H-pyrrole nitrogens is 1. The third kappa shape index (κ3) is 3.54. The highest BCUT2D eigenvalue weighted by molar-refractivity contribution is 5.57. The van der Waals surface area contributed by atoms with Crippen molar-refractivity contribution in [2.75, 3.05) is 5.32 Å². The molecule has 26 heavy (non-hydrogen) atoms. The number of aromatic amines is 1. The highest BCUT2D eigenvalue weighted by Gasteiger charge is 2.35. The highest BCUT2D eigenvalue weighted by Crippen LogP contribution is 2.38. The summed E-state index contributed by atoms with van der Waals surface area (Å²) in [6, 6.07) is 11.7. The van der Waals surface area contributed by atoms with Gasteiger partial charge in [-0.15, -0.1) is 0 Å². The van der Waals surface area contributed by atoms with E-state index >= 15 is 0 Å². The van der Waals surface area contributed by atoms with Crippen molar-refractivity contribution in [3.63, 3.8) is 0 Å². The van der Waals surface area contributed by atoms with Crippen LogP contribution in [0.15, 0.2) is 54.9 Å². The molecule has 0 fully saturated rings. The minimum Gasteiger partial charge on any atom is -0.374 e. The van der Waals surface area contributed by atoms with E-state index in [0.29, 0.717) is 16.8 Å². The molecule has 0 aliphatic rings. The zero-order valence-electron chi connectivity index (χ0n) is 13.8. The molecule has 0 radical (unpaired) electrons. The van der Waals surface area contributed by atoms with Crippen molar-refractivity contribution < 1.29 is 13.2 Å². The second kappa shape index (κ2) is 6.92. The minimum atomic E-state index is -4.47. The van der Waals surface area contributed by atoms with Gasteiger partial charge in [0.15, 0.2) is 0 Å². The lowest BCUT2D eigenvalue weighted by molar-refractivity contribution is -0.138. The maximum absolute atomic E-state index is 13.5. The molecular formula is C19H15F3N4. The van der Waals surface area contributed by atoms with Crippen LogP contribution in [0.4, 0.5) is 18.9 Å². The minimum absolute atomic E-state index is 0.102. The number of hydrogen-bond donors (Lipinski definition) is 2. The molecule has 3 aromatic rings. The van der Waals surface area contributed by atoms with Crippen LogP contribution < -0.4 is 5.32 Å². The summed E-state index contributed by atoms with van der Waals surface area (Å²) < 4.78 is 40.4. The zero-order valence-corrected chi connectivity index (χ0v) is 13.8. The average Bonchev–Trinajstić information content (AvgIpc) is 3.14. The van der Waals surface area contributed by atoms with Gasteiger partial charge in [0, 0.05) is 17.4 Å². The van der Waals surface area contributed by atoms with E-state index in [9.17, 15) is 13.2 Å². The van der Waals surface area contributed by atoms with E-state index in [-0.39, 0.29) is 5.56 Å². The number of hydrogen-bond acceptors (Lipinski definition) is 3. The molecule has 0 bridgehead atoms. The van der Waals surface area contributed by atoms with Crippen LogP contribution in [0, 0.1) is 18.3 Å². The van der Waals surface area contributed by atoms with Crippen molar-refractivity contribution in [2.24, 2.45) is 0 Å². The normalized spacial score (nSPS) is 12.4. The fourth-order valence-electron chi connectivity index (χ4n) is 2.82. The van der Waals surface area contributed by atoms with Gasteiger partial charge in [0.05, 0.1) is 29.4 Å². The van der Waals surface area contributed by atoms with Crippen LogP contribution in [0.25, 0.3) is 0 Å². The summed E-state index contributed by atoms with van der Waals surface area (Å²) in [4.78, 5) is 0. The summed E-state index contributed by atoms with van der Waals surface area (Å²) in [6.45, 7) is 1.80. The Bertz CT molecular complexity index is 940. The van der Waals surface area contributed by atoms with E-state index in [1.54, 1.807) is 37.4 Å². The molecule has 2 aromatic carbocycles. The molecule has 1 aromatic heterocycles. The number of nitrogens with one attached hydrogen (secondary N) is 2. The van der Waals surface area contributed by atoms with Crippen molar-refractivity contribution in [1.29, 1.82) is 5.26 Å². The van der Waals surface area contributed by atoms with Gasteiger partial charge in [0.25, 0.3) is 0 Å². The van der Waals surface area contributed by atoms with Crippen LogP contribution in [-0.4, -0.2) is 10.2 Å². The van der Waals surface area contributed by atoms with Crippen LogP contribution in [0.5, 0.6) is 0 Å². The van der Waals surface area contributed by atoms with E-state index in [1.807, 2.05) is 6.07 Å². The van der Waals surface area contributed by atoms with E-state index in [4.69, 9.17) is 5.26 Å². The van der Waals surface area contributed by atoms with Crippen LogP contribution in [0.2, 0.25) is 0 Å². The molecular weight excluding hydrogens is 341 g/mol. The number of benzene rings is 2. The molecule has 0 spiro atoms. The van der Waals surface area contributed by atoms with Crippen molar-refractivity contribution >= 4 is 5.69 Å². The predicted molar refractivity (Wildman–Crippen MR) is 91.4 cm³/mol. The van der Waals surface area contributed by atoms with Gasteiger partial charge in [-0.05, 0) is 42.3 Å². The van der Waals surface area contributed by atoms with Gasteiger partial charge in [0.2, 0.25) is 0 Å². The van der Waals surface area contributed by atoms with Crippen LogP contribution >= 0.6 is 0 Å². The largest absolute Gasteiger partial charge is 0.416 e. The molecule has 7 heteroatoms. The molecule has 0 saturated heterocycles. The molecule has 4 nitrogen and oxygen atoms in total. The molecule has 132 valence electrons. The number of halogens is 3. The Balaban J connectivity index is 2.08. The Morgan fingerprint density at radius 2 is 1.96 bits per heavy atom. The van der Waals surface area contributed by atoms with Crippen molar-refractivity contribution in [3.8, 4) is 6.07 Å². The maximum Gasteiger partial charge on any atom is 0.416 e. The monoisotopic (exact) mass is 356 g/mol. The van der Waals surface area contributed by atoms with Crippen LogP contribution in [-0.2, 0) is 6.18 Å². The van der Waals surface area contributed by atoms with Crippen LogP contribution in [0.3, 0.4) is 0 Å². The van der Waals surface area contributed by atoms with Gasteiger partial charge in [-0.25, -0.2) is 0 Å². The number of nitriles is 1. The van der Waals surface area contributed by atoms with Crippen LogP contribution in [0.1, 0.15) is 33.9 Å². The van der Waals surface area contributed by atoms with Gasteiger partial charge >= 0.3 is 6.18 Å². The fraction of sp³-hybridized carbons (Fsp3) is 0.158. The third-order valence-electron chi connectivity index (χ3n) is 4.09. The Morgan fingerprint density at radius 3 is 2.58 bits per heavy atom. The zero-order chi connectivity index (χ0) is 18.7. The molecule has 2 N–H and O–H groups in total. The Kier molecular flexibility index (Phi) is 4.67. The van der Waals surface area contributed by atoms with Gasteiger partial charge in [-0.3, -0.25) is 5.10 Å². The smallest absolute Gasteiger partial charge is 0.374 e. The van der Waals surface area contributed by atoms with Gasteiger partial charge in [-0.2, -0.15) is 23.5 Å². The van der Waals surface area contributed by atoms with Gasteiger partial charge in [-0.1, -0.05) is 18.2 Å². The number of alkyl halides is 3. The number of anilines is 1. The summed E-state index contributed by atoms with van der Waals surface area (Å²) in [5.41, 5.74) is 1.87. The first-order valence-electron chi connectivity index (χ1n) is 7.82. The van der Waals surface area contributed by atoms with E-state index in [2.05, 4.69) is 15.5 Å². The first-order valence-corrected chi connectivity index (χ1v) is 7.82. The van der Waals surface area contributed by atoms with E-state index in [1.165, 1.54) is 18.3 Å². The lowest BCUT2D eigenvalue weighted by Gasteiger charge is -2.24. The standard InChI is InChI=1S/C19H15F3N4/c1-12-8-13(9-23)6-7-17(12)26-18(14-10-24-25-11-14)15-4-2-3-5-16(15)19(20,21)22/h2-8,10-11,18,26H,1H3,(H,24,25). The Hall–Kier alpha value is -3.27. The molecule has 0 amide bonds. The number of aromatic nitrogens is 2. The van der Waals surface area contributed by atoms with E-state index in [0.717, 1.165) is 11.6 Å². The second-order valence-corrected chi connectivity index (χ2v) is 5.84. The number of aryl methyl sites for hydroxylation is 1. The molecule has 1 unspecified atom stereocenters. The average molecular weight is 356 g/mol. The lowest BCUT2D eigenvalue weighted by atomic mass is 9.95. The fourth-order valence-corrected chi connectivity index (χ4v) is 2.82. The molecule has 0 aliphatic heterocycles. The van der Waals surface area contributed by atoms with Crippen molar-refractivity contribution in [3.05, 3.63) is 82.7 Å². The lowest BCUT2D eigenvalue weighted by Crippen LogP contribution is -2.18. The molecule has 1 atom stereocenters. The maximum atomic E-state index is 13.5. The first-order chi connectivity index (χ1) is 12.4. The summed E-state index contributed by atoms with van der Waals surface area (Å²) >= 11 is 0. The predicted octanol–water partition coefficient (Wildman–Crippen LogP) is 4.81. The second-order valence-electron chi connectivity index (χ2n) is 5.84. The van der Waals surface area contributed by atoms with Gasteiger partial charge in [0.1, 0.15) is 0 Å². The Morgan fingerprint density at radius 1 is 1.19 bits per heavy atom. The number of nitrogens with zero attached hydrogens (tertiary/aromatic N) is 2. The molecule has 0 saturated carbocycles. The third-order valence-corrected chi connectivity index (χ3v) is 4.09. The first kappa shape index (κ1) is 17.5. The summed E-state index contributed by atoms with van der Waals surface area (Å²) in [6.07, 6.45) is -1.42. The summed E-state index contributed by atoms with van der Waals surface area (Å²) in [5.74, 6) is 0. The SMILES string of the molecule is Cc1cc(C#N)ccc1NC(c1cn[nH]c1)c1ccccc1C(F)(F)F. The summed E-state index contributed by atoms with van der Waals surface area (Å²) in [5, 5.41) is 18.6. The highest BCUT2D eigenvalue weighted by atomic mass is 19.4. The topological polar surface area (TPSA) is 64.5 Å². The Labute approximate surface area is 148 Å². The van der Waals surface area contributed by atoms with E-state index < -0.39 is 17.8 Å². The quantitative estimate of drug-likeness (QED) is 0.705. The summed E-state index contributed by atoms with van der Waals surface area (Å²) in [7, 11) is 0. The van der Waals surface area contributed by atoms with Crippen molar-refractivity contribution in [1.82, 2.24) is 10.2 Å². The molecule has 0 aliphatic carbocycles. The molecule has 1 heterocycles. The number of rotatable bonds is 4.